The third-order valence-corrected chi connectivity index (χ3v) is 7.59. The molecule has 0 radical (unpaired) electrons. The molecule has 1 aliphatic rings. The lowest BCUT2D eigenvalue weighted by Crippen LogP contribution is -2.76. The molecular weight excluding hydrogens is 674 g/mol. The Hall–Kier alpha value is -4.77. The van der Waals surface area contributed by atoms with E-state index in [2.05, 4.69) is 24.8 Å². The lowest BCUT2D eigenvalue weighted by molar-refractivity contribution is -0.218. The van der Waals surface area contributed by atoms with E-state index in [0.717, 1.165) is 23.5 Å². The first-order valence-corrected chi connectivity index (χ1v) is 15.6. The molecule has 2 aromatic heterocycles. The number of halogens is 2. The molecular formula is C25H28F2N8O10S2. The van der Waals surface area contributed by atoms with Crippen molar-refractivity contribution in [3.05, 3.63) is 47.2 Å². The standard InChI is InChI=1S/C25H28F2N8O10S2/c1-25(2)20(22(37)35(25)45-47(40,41)42)32-21(36)19(16-11-46-24(29)31-16)33-44-17(23(38)39)10-43-13-6-14(26)18(15(27)7-13)12-8-30-34(9-12)5-3-4-28/h6-9,11,17,20H,3-5,10,28H2,1-2H3,(H2,29,31)(H,32,36)(H,38,39)(H,40,41,42)/b33-19-/t17-,20+/m0/s1. The molecule has 1 saturated heterocycles. The summed E-state index contributed by atoms with van der Waals surface area (Å²) in [5.41, 5.74) is 8.57. The number of carboxylic acid groups (broad SMARTS) is 1. The van der Waals surface area contributed by atoms with Crippen LogP contribution in [0.15, 0.2) is 35.1 Å². The van der Waals surface area contributed by atoms with Crippen LogP contribution in [0.2, 0.25) is 0 Å². The number of nitrogens with one attached hydrogen (secondary N) is 1. The number of ether oxygens (including phenoxy) is 1. The maximum Gasteiger partial charge on any atom is 0.418 e. The molecule has 1 aromatic carbocycles. The fraction of sp³-hybridized carbons (Fsp3) is 0.360. The number of carboxylic acids is 1. The highest BCUT2D eigenvalue weighted by Crippen LogP contribution is 2.33. The van der Waals surface area contributed by atoms with Crippen molar-refractivity contribution in [1.82, 2.24) is 25.1 Å². The average Bonchev–Trinajstić information content (AvgIpc) is 3.63. The molecule has 0 spiro atoms. The molecule has 7 N–H and O–H groups in total. The SMILES string of the molecule is CC1(C)[C@H](NC(=O)/C(=N\O[C@@H](COc2cc(F)c(-c3cnn(CCCN)c3)c(F)c2)C(=O)O)c2csc(N)n2)C(=O)N1OS(=O)(=O)O. The summed E-state index contributed by atoms with van der Waals surface area (Å²) >= 11 is 0.889. The van der Waals surface area contributed by atoms with Crippen LogP contribution in [0, 0.1) is 11.6 Å². The number of benzene rings is 1. The summed E-state index contributed by atoms with van der Waals surface area (Å²) in [7, 11) is -5.06. The van der Waals surface area contributed by atoms with Gasteiger partial charge in [-0.15, -0.1) is 15.6 Å². The topological polar surface area (TPSA) is 264 Å². The van der Waals surface area contributed by atoms with E-state index in [-0.39, 0.29) is 27.7 Å². The maximum atomic E-state index is 14.9. The number of carbonyl (C=O) groups is 3. The number of oxime groups is 1. The van der Waals surface area contributed by atoms with Gasteiger partial charge >= 0.3 is 16.4 Å². The zero-order valence-electron chi connectivity index (χ0n) is 24.5. The van der Waals surface area contributed by atoms with E-state index in [1.54, 1.807) is 0 Å². The van der Waals surface area contributed by atoms with Gasteiger partial charge in [-0.3, -0.25) is 18.8 Å². The second-order valence-electron chi connectivity index (χ2n) is 10.3. The lowest BCUT2D eigenvalue weighted by atomic mass is 9.84. The molecule has 1 aliphatic heterocycles. The molecule has 4 rings (SSSR count). The molecule has 254 valence electrons. The minimum atomic E-state index is -5.06. The number of carbonyl (C=O) groups excluding carboxylic acids is 2. The third kappa shape index (κ3) is 8.15. The third-order valence-electron chi connectivity index (χ3n) is 6.58. The number of amides is 2. The number of nitrogens with two attached hydrogens (primary N) is 2. The Balaban J connectivity index is 1.49. The highest BCUT2D eigenvalue weighted by molar-refractivity contribution is 7.80. The van der Waals surface area contributed by atoms with Crippen molar-refractivity contribution in [2.45, 2.75) is 44.5 Å². The van der Waals surface area contributed by atoms with E-state index in [4.69, 9.17) is 25.6 Å². The Morgan fingerprint density at radius 1 is 1.28 bits per heavy atom. The van der Waals surface area contributed by atoms with Gasteiger partial charge in [0.1, 0.15) is 35.7 Å². The Morgan fingerprint density at radius 3 is 2.51 bits per heavy atom. The van der Waals surface area contributed by atoms with Crippen LogP contribution in [0.1, 0.15) is 26.0 Å². The van der Waals surface area contributed by atoms with Gasteiger partial charge in [-0.25, -0.2) is 18.6 Å². The molecule has 3 heterocycles. The molecule has 18 nitrogen and oxygen atoms in total. The van der Waals surface area contributed by atoms with Gasteiger partial charge in [0, 0.05) is 35.8 Å². The quantitative estimate of drug-likeness (QED) is 0.0618. The van der Waals surface area contributed by atoms with Gasteiger partial charge in [0.15, 0.2) is 10.8 Å². The number of hydrogen-bond acceptors (Lipinski definition) is 14. The number of aliphatic carboxylic acids is 1. The van der Waals surface area contributed by atoms with Crippen molar-refractivity contribution in [2.75, 3.05) is 18.9 Å². The zero-order valence-corrected chi connectivity index (χ0v) is 26.1. The number of thiazole rings is 1. The molecule has 0 unspecified atom stereocenters. The first-order valence-electron chi connectivity index (χ1n) is 13.4. The molecule has 2 amide bonds. The Kier molecular flexibility index (Phi) is 10.4. The van der Waals surface area contributed by atoms with E-state index < -0.39 is 69.8 Å². The fourth-order valence-electron chi connectivity index (χ4n) is 4.23. The Morgan fingerprint density at radius 2 is 1.96 bits per heavy atom. The van der Waals surface area contributed by atoms with Gasteiger partial charge in [-0.2, -0.15) is 18.6 Å². The molecule has 3 aromatic rings. The van der Waals surface area contributed by atoms with Crippen LogP contribution in [-0.2, 0) is 40.4 Å². The van der Waals surface area contributed by atoms with E-state index in [0.29, 0.717) is 24.6 Å². The van der Waals surface area contributed by atoms with Crippen molar-refractivity contribution < 1.29 is 55.1 Å². The summed E-state index contributed by atoms with van der Waals surface area (Å²) in [5.74, 6) is -6.23. The second-order valence-corrected chi connectivity index (χ2v) is 12.2. The predicted molar refractivity (Wildman–Crippen MR) is 158 cm³/mol. The van der Waals surface area contributed by atoms with E-state index >= 15 is 0 Å². The number of aryl methyl sites for hydroxylation is 1. The van der Waals surface area contributed by atoms with E-state index in [9.17, 15) is 36.7 Å². The van der Waals surface area contributed by atoms with Crippen LogP contribution in [-0.4, -0.2) is 92.2 Å². The normalized spacial score (nSPS) is 16.8. The Labute approximate surface area is 268 Å². The van der Waals surface area contributed by atoms with Crippen molar-refractivity contribution in [1.29, 1.82) is 0 Å². The predicted octanol–water partition coefficient (Wildman–Crippen LogP) is 0.309. The van der Waals surface area contributed by atoms with Gasteiger partial charge in [0.25, 0.3) is 17.9 Å². The van der Waals surface area contributed by atoms with Crippen LogP contribution in [0.4, 0.5) is 13.9 Å². The molecule has 22 heteroatoms. The van der Waals surface area contributed by atoms with E-state index in [1.165, 1.54) is 36.3 Å². The molecule has 47 heavy (non-hydrogen) atoms. The first kappa shape index (κ1) is 35.1. The number of hydroxylamine groups is 2. The second kappa shape index (κ2) is 13.9. The molecule has 1 fully saturated rings. The number of β-lactam (4-membered cyclic amide) rings is 1. The summed E-state index contributed by atoms with van der Waals surface area (Å²) in [6.07, 6.45) is 1.39. The van der Waals surface area contributed by atoms with Crippen molar-refractivity contribution in [2.24, 2.45) is 10.9 Å². The number of nitrogens with zero attached hydrogens (tertiary/aromatic N) is 5. The average molecular weight is 703 g/mol. The number of rotatable bonds is 15. The molecule has 0 aliphatic carbocycles. The summed E-state index contributed by atoms with van der Waals surface area (Å²) < 4.78 is 71.9. The molecule has 0 bridgehead atoms. The minimum absolute atomic E-state index is 0.0122. The maximum absolute atomic E-state index is 14.9. The highest BCUT2D eigenvalue weighted by Gasteiger charge is 2.58. The zero-order chi connectivity index (χ0) is 34.7. The van der Waals surface area contributed by atoms with Crippen molar-refractivity contribution in [3.8, 4) is 16.9 Å². The largest absolute Gasteiger partial charge is 0.489 e. The highest BCUT2D eigenvalue weighted by atomic mass is 32.3. The minimum Gasteiger partial charge on any atom is -0.489 e. The van der Waals surface area contributed by atoms with Crippen LogP contribution in [0.3, 0.4) is 0 Å². The molecule has 2 atom stereocenters. The van der Waals surface area contributed by atoms with Crippen LogP contribution in [0.5, 0.6) is 5.75 Å². The van der Waals surface area contributed by atoms with Crippen LogP contribution in [0.25, 0.3) is 11.1 Å². The number of anilines is 1. The number of nitrogen functional groups attached to an aromatic ring is 1. The smallest absolute Gasteiger partial charge is 0.418 e. The van der Waals surface area contributed by atoms with Crippen molar-refractivity contribution >= 4 is 50.4 Å². The summed E-state index contributed by atoms with van der Waals surface area (Å²) in [6.45, 7) is 2.63. The van der Waals surface area contributed by atoms with Gasteiger partial charge in [0.2, 0.25) is 0 Å². The monoisotopic (exact) mass is 702 g/mol. The van der Waals surface area contributed by atoms with Crippen molar-refractivity contribution in [3.63, 3.8) is 0 Å². The fourth-order valence-corrected chi connectivity index (χ4v) is 5.23. The van der Waals surface area contributed by atoms with Gasteiger partial charge in [-0.05, 0) is 26.8 Å². The van der Waals surface area contributed by atoms with Crippen LogP contribution < -0.4 is 21.5 Å². The molecule has 0 saturated carbocycles. The van der Waals surface area contributed by atoms with Gasteiger partial charge < -0.3 is 31.5 Å². The van der Waals surface area contributed by atoms with E-state index in [1.807, 2.05) is 0 Å². The lowest BCUT2D eigenvalue weighted by Gasteiger charge is -2.50. The van der Waals surface area contributed by atoms with Gasteiger partial charge in [-0.1, -0.05) is 5.16 Å². The Bertz CT molecular complexity index is 1790. The van der Waals surface area contributed by atoms with Gasteiger partial charge in [0.05, 0.1) is 17.3 Å². The first-order chi connectivity index (χ1) is 22.0. The summed E-state index contributed by atoms with van der Waals surface area (Å²) in [6, 6.07) is 0.270. The summed E-state index contributed by atoms with van der Waals surface area (Å²) in [4.78, 5) is 46.5. The number of aromatic nitrogens is 3. The number of hydrogen-bond donors (Lipinski definition) is 5. The van der Waals surface area contributed by atoms with Crippen LogP contribution >= 0.6 is 11.3 Å². The summed E-state index contributed by atoms with van der Waals surface area (Å²) in [5, 5.41) is 21.2.